The maximum Gasteiger partial charge on any atom is 0.411 e. The van der Waals surface area contributed by atoms with Crippen LogP contribution in [-0.2, 0) is 4.74 Å². The first-order chi connectivity index (χ1) is 10.6. The van der Waals surface area contributed by atoms with Crippen molar-refractivity contribution in [2.75, 3.05) is 18.5 Å². The van der Waals surface area contributed by atoms with Gasteiger partial charge in [0.1, 0.15) is 13.2 Å². The Morgan fingerprint density at radius 1 is 1.00 bits per heavy atom. The normalized spacial score (nSPS) is 10.1. The minimum absolute atomic E-state index is 0.0496. The molecule has 7 heteroatoms. The molecule has 0 saturated carbocycles. The van der Waals surface area contributed by atoms with E-state index >= 15 is 0 Å². The average molecular weight is 361 g/mol. The van der Waals surface area contributed by atoms with Crippen molar-refractivity contribution in [3.05, 3.63) is 57.5 Å². The van der Waals surface area contributed by atoms with E-state index in [2.05, 4.69) is 5.32 Å². The molecule has 2 aromatic rings. The van der Waals surface area contributed by atoms with E-state index in [-0.39, 0.29) is 13.2 Å². The predicted molar refractivity (Wildman–Crippen MR) is 88.4 cm³/mol. The molecule has 0 radical (unpaired) electrons. The quantitative estimate of drug-likeness (QED) is 0.738. The molecular formula is C15H12Cl3NO3. The molecule has 0 unspecified atom stereocenters. The average Bonchev–Trinajstić information content (AvgIpc) is 2.46. The molecular weight excluding hydrogens is 349 g/mol. The molecule has 4 nitrogen and oxygen atoms in total. The SMILES string of the molecule is O=C(Nc1ccccc1)OCCOc1c(Cl)cc(Cl)cc1Cl. The van der Waals surface area contributed by atoms with E-state index in [4.69, 9.17) is 44.3 Å². The number of nitrogens with one attached hydrogen (secondary N) is 1. The maximum atomic E-state index is 11.5. The monoisotopic (exact) mass is 359 g/mol. The van der Waals surface area contributed by atoms with E-state index in [1.165, 1.54) is 12.1 Å². The highest BCUT2D eigenvalue weighted by atomic mass is 35.5. The zero-order valence-electron chi connectivity index (χ0n) is 11.3. The highest BCUT2D eigenvalue weighted by molar-refractivity contribution is 6.40. The summed E-state index contributed by atoms with van der Waals surface area (Å²) in [5, 5.41) is 3.60. The second kappa shape index (κ2) is 8.13. The molecule has 116 valence electrons. The van der Waals surface area contributed by atoms with E-state index < -0.39 is 6.09 Å². The van der Waals surface area contributed by atoms with Crippen LogP contribution in [0.4, 0.5) is 10.5 Å². The molecule has 0 bridgehead atoms. The van der Waals surface area contributed by atoms with Crippen LogP contribution in [0, 0.1) is 0 Å². The molecule has 2 rings (SSSR count). The molecule has 0 heterocycles. The Hall–Kier alpha value is -1.62. The number of hydrogen-bond donors (Lipinski definition) is 1. The van der Waals surface area contributed by atoms with Crippen LogP contribution in [0.1, 0.15) is 0 Å². The fourth-order valence-electron chi connectivity index (χ4n) is 1.62. The number of ether oxygens (including phenoxy) is 2. The number of para-hydroxylation sites is 1. The maximum absolute atomic E-state index is 11.5. The Balaban J connectivity index is 1.77. The van der Waals surface area contributed by atoms with Crippen molar-refractivity contribution >= 4 is 46.6 Å². The summed E-state index contributed by atoms with van der Waals surface area (Å²) in [7, 11) is 0. The van der Waals surface area contributed by atoms with Gasteiger partial charge in [-0.2, -0.15) is 0 Å². The predicted octanol–water partition coefficient (Wildman–Crippen LogP) is 5.27. The summed E-state index contributed by atoms with van der Waals surface area (Å²) in [6, 6.07) is 12.0. The van der Waals surface area contributed by atoms with Crippen molar-refractivity contribution < 1.29 is 14.3 Å². The van der Waals surface area contributed by atoms with Gasteiger partial charge in [0.05, 0.1) is 10.0 Å². The second-order valence-electron chi connectivity index (χ2n) is 4.17. The highest BCUT2D eigenvalue weighted by Gasteiger charge is 2.09. The fraction of sp³-hybridized carbons (Fsp3) is 0.133. The molecule has 0 aromatic heterocycles. The van der Waals surface area contributed by atoms with Gasteiger partial charge < -0.3 is 9.47 Å². The van der Waals surface area contributed by atoms with Gasteiger partial charge in [-0.25, -0.2) is 4.79 Å². The van der Waals surface area contributed by atoms with E-state index in [0.29, 0.717) is 26.5 Å². The van der Waals surface area contributed by atoms with Crippen molar-refractivity contribution in [3.8, 4) is 5.75 Å². The molecule has 0 aliphatic rings. The van der Waals surface area contributed by atoms with E-state index in [9.17, 15) is 4.79 Å². The summed E-state index contributed by atoms with van der Waals surface area (Å²) >= 11 is 17.7. The van der Waals surface area contributed by atoms with Crippen LogP contribution < -0.4 is 10.1 Å². The fourth-order valence-corrected chi connectivity index (χ4v) is 2.55. The number of carbonyl (C=O) groups is 1. The first-order valence-electron chi connectivity index (χ1n) is 6.32. The van der Waals surface area contributed by atoms with Crippen molar-refractivity contribution in [2.24, 2.45) is 0 Å². The van der Waals surface area contributed by atoms with Gasteiger partial charge in [-0.3, -0.25) is 5.32 Å². The second-order valence-corrected chi connectivity index (χ2v) is 5.42. The van der Waals surface area contributed by atoms with Crippen molar-refractivity contribution in [3.63, 3.8) is 0 Å². The lowest BCUT2D eigenvalue weighted by molar-refractivity contribution is 0.138. The van der Waals surface area contributed by atoms with Gasteiger partial charge in [-0.05, 0) is 24.3 Å². The van der Waals surface area contributed by atoms with Gasteiger partial charge >= 0.3 is 6.09 Å². The first-order valence-corrected chi connectivity index (χ1v) is 7.46. The molecule has 0 saturated heterocycles. The molecule has 0 aliphatic carbocycles. The third-order valence-corrected chi connectivity index (χ3v) is 3.33. The summed E-state index contributed by atoms with van der Waals surface area (Å²) in [5.41, 5.74) is 0.650. The first kappa shape index (κ1) is 16.7. The number of hydrogen-bond acceptors (Lipinski definition) is 3. The van der Waals surface area contributed by atoms with Gasteiger partial charge in [0, 0.05) is 10.7 Å². The van der Waals surface area contributed by atoms with E-state index in [1.807, 2.05) is 18.2 Å². The van der Waals surface area contributed by atoms with Gasteiger partial charge in [0.25, 0.3) is 0 Å². The van der Waals surface area contributed by atoms with Crippen LogP contribution in [-0.4, -0.2) is 19.3 Å². The number of anilines is 1. The van der Waals surface area contributed by atoms with Crippen LogP contribution >= 0.6 is 34.8 Å². The summed E-state index contributed by atoms with van der Waals surface area (Å²) in [6.45, 7) is 0.164. The standard InChI is InChI=1S/C15H12Cl3NO3/c16-10-8-12(17)14(13(18)9-10)21-6-7-22-15(20)19-11-4-2-1-3-5-11/h1-5,8-9H,6-7H2,(H,19,20). The lowest BCUT2D eigenvalue weighted by atomic mass is 10.3. The van der Waals surface area contributed by atoms with Crippen molar-refractivity contribution in [1.82, 2.24) is 0 Å². The minimum atomic E-state index is -0.567. The van der Waals surface area contributed by atoms with Crippen molar-refractivity contribution in [2.45, 2.75) is 0 Å². The Morgan fingerprint density at radius 2 is 1.64 bits per heavy atom. The number of halogens is 3. The highest BCUT2D eigenvalue weighted by Crippen LogP contribution is 2.35. The summed E-state index contributed by atoms with van der Waals surface area (Å²) in [6.07, 6.45) is -0.567. The molecule has 1 amide bonds. The molecule has 0 spiro atoms. The molecule has 22 heavy (non-hydrogen) atoms. The summed E-state index contributed by atoms with van der Waals surface area (Å²) in [5.74, 6) is 0.305. The van der Waals surface area contributed by atoms with Gasteiger partial charge in [-0.1, -0.05) is 53.0 Å². The Bertz CT molecular complexity index is 627. The van der Waals surface area contributed by atoms with Gasteiger partial charge in [0.2, 0.25) is 0 Å². The van der Waals surface area contributed by atoms with E-state index in [0.717, 1.165) is 0 Å². The van der Waals surface area contributed by atoms with Gasteiger partial charge in [-0.15, -0.1) is 0 Å². The Kier molecular flexibility index (Phi) is 6.19. The Morgan fingerprint density at radius 3 is 2.27 bits per heavy atom. The third kappa shape index (κ3) is 4.98. The van der Waals surface area contributed by atoms with Crippen molar-refractivity contribution in [1.29, 1.82) is 0 Å². The smallest absolute Gasteiger partial charge is 0.411 e. The molecule has 0 aliphatic heterocycles. The lowest BCUT2D eigenvalue weighted by Crippen LogP contribution is -2.17. The van der Waals surface area contributed by atoms with Crippen LogP contribution in [0.5, 0.6) is 5.75 Å². The lowest BCUT2D eigenvalue weighted by Gasteiger charge is -2.11. The number of carbonyl (C=O) groups excluding carboxylic acids is 1. The van der Waals surface area contributed by atoms with Crippen LogP contribution in [0.3, 0.4) is 0 Å². The van der Waals surface area contributed by atoms with E-state index in [1.54, 1.807) is 12.1 Å². The van der Waals surface area contributed by atoms with Crippen LogP contribution in [0.15, 0.2) is 42.5 Å². The van der Waals surface area contributed by atoms with Crippen LogP contribution in [0.2, 0.25) is 15.1 Å². The molecule has 2 aromatic carbocycles. The molecule has 1 N–H and O–H groups in total. The van der Waals surface area contributed by atoms with Crippen LogP contribution in [0.25, 0.3) is 0 Å². The number of amides is 1. The molecule has 0 atom stereocenters. The third-order valence-electron chi connectivity index (χ3n) is 2.55. The Labute approximate surface area is 142 Å². The zero-order chi connectivity index (χ0) is 15.9. The number of rotatable bonds is 5. The largest absolute Gasteiger partial charge is 0.487 e. The topological polar surface area (TPSA) is 47.6 Å². The zero-order valence-corrected chi connectivity index (χ0v) is 13.6. The van der Waals surface area contributed by atoms with Gasteiger partial charge in [0.15, 0.2) is 5.75 Å². The summed E-state index contributed by atoms with van der Waals surface area (Å²) in [4.78, 5) is 11.5. The minimum Gasteiger partial charge on any atom is -0.487 e. The summed E-state index contributed by atoms with van der Waals surface area (Å²) < 4.78 is 10.4. The molecule has 0 fully saturated rings. The number of benzene rings is 2.